The van der Waals surface area contributed by atoms with Gasteiger partial charge in [-0.25, -0.2) is 0 Å². The predicted octanol–water partition coefficient (Wildman–Crippen LogP) is 2.92. The van der Waals surface area contributed by atoms with E-state index in [4.69, 9.17) is 5.11 Å². The molecule has 0 bridgehead atoms. The quantitative estimate of drug-likeness (QED) is 0.732. The van der Waals surface area contributed by atoms with Gasteiger partial charge in [-0.3, -0.25) is 4.79 Å². The molecule has 1 saturated carbocycles. The number of hydrogen-bond acceptors (Lipinski definition) is 1. The minimum atomic E-state index is -0.647. The summed E-state index contributed by atoms with van der Waals surface area (Å²) in [4.78, 5) is 10.4. The van der Waals surface area contributed by atoms with Crippen molar-refractivity contribution in [2.24, 2.45) is 17.8 Å². The molecule has 0 amide bonds. The van der Waals surface area contributed by atoms with Crippen LogP contribution in [0.25, 0.3) is 0 Å². The Morgan fingerprint density at radius 1 is 1.31 bits per heavy atom. The number of carbonyl (C=O) groups is 1. The van der Waals surface area contributed by atoms with Crippen molar-refractivity contribution in [3.63, 3.8) is 0 Å². The molecule has 1 rings (SSSR count). The molecule has 0 aliphatic heterocycles. The van der Waals surface area contributed by atoms with Gasteiger partial charge in [0, 0.05) is 6.42 Å². The van der Waals surface area contributed by atoms with Crippen LogP contribution in [0.1, 0.15) is 46.0 Å². The van der Waals surface area contributed by atoms with Gasteiger partial charge in [0.2, 0.25) is 0 Å². The first-order valence-corrected chi connectivity index (χ1v) is 5.31. The molecule has 0 aromatic rings. The van der Waals surface area contributed by atoms with Gasteiger partial charge in [-0.05, 0) is 30.6 Å². The molecule has 3 atom stereocenters. The van der Waals surface area contributed by atoms with E-state index < -0.39 is 5.97 Å². The summed E-state index contributed by atoms with van der Waals surface area (Å²) in [6, 6.07) is 0. The lowest BCUT2D eigenvalue weighted by Crippen LogP contribution is -2.21. The maximum Gasteiger partial charge on any atom is 0.303 e. The highest BCUT2D eigenvalue weighted by molar-refractivity contribution is 5.66. The summed E-state index contributed by atoms with van der Waals surface area (Å²) in [5.74, 6) is 1.64. The van der Waals surface area contributed by atoms with Crippen LogP contribution in [0.5, 0.6) is 0 Å². The third-order valence-electron chi connectivity index (χ3n) is 3.47. The van der Waals surface area contributed by atoms with E-state index in [1.165, 1.54) is 19.3 Å². The number of hydrogen-bond donors (Lipinski definition) is 1. The Labute approximate surface area is 80.3 Å². The van der Waals surface area contributed by atoms with Crippen molar-refractivity contribution in [2.45, 2.75) is 46.0 Å². The van der Waals surface area contributed by atoms with Gasteiger partial charge in [-0.1, -0.05) is 26.7 Å². The monoisotopic (exact) mass is 184 g/mol. The van der Waals surface area contributed by atoms with Gasteiger partial charge in [0.05, 0.1) is 0 Å². The summed E-state index contributed by atoms with van der Waals surface area (Å²) in [6.45, 7) is 4.59. The van der Waals surface area contributed by atoms with Gasteiger partial charge in [0.1, 0.15) is 0 Å². The lowest BCUT2D eigenvalue weighted by Gasteiger charge is -2.31. The normalized spacial score (nSPS) is 34.5. The van der Waals surface area contributed by atoms with E-state index >= 15 is 0 Å². The highest BCUT2D eigenvalue weighted by Gasteiger charge is 2.24. The number of carboxylic acid groups (broad SMARTS) is 1. The van der Waals surface area contributed by atoms with Crippen molar-refractivity contribution in [1.82, 2.24) is 0 Å². The Morgan fingerprint density at radius 2 is 2.00 bits per heavy atom. The minimum Gasteiger partial charge on any atom is -0.481 e. The largest absolute Gasteiger partial charge is 0.481 e. The van der Waals surface area contributed by atoms with Crippen LogP contribution >= 0.6 is 0 Å². The van der Waals surface area contributed by atoms with Gasteiger partial charge in [0.25, 0.3) is 0 Å². The summed E-state index contributed by atoms with van der Waals surface area (Å²) in [5.41, 5.74) is 0. The fourth-order valence-corrected chi connectivity index (χ4v) is 2.25. The highest BCUT2D eigenvalue weighted by Crippen LogP contribution is 2.35. The van der Waals surface area contributed by atoms with E-state index in [1.54, 1.807) is 0 Å². The van der Waals surface area contributed by atoms with Gasteiger partial charge < -0.3 is 5.11 Å². The first-order chi connectivity index (χ1) is 6.09. The Kier molecular flexibility index (Phi) is 3.76. The molecule has 3 unspecified atom stereocenters. The molecule has 0 saturated heterocycles. The predicted molar refractivity (Wildman–Crippen MR) is 52.5 cm³/mol. The number of aliphatic carboxylic acids is 1. The SMILES string of the molecule is CC1CCC(CCC(=O)O)CC1C. The summed E-state index contributed by atoms with van der Waals surface area (Å²) < 4.78 is 0. The zero-order valence-corrected chi connectivity index (χ0v) is 8.62. The van der Waals surface area contributed by atoms with Gasteiger partial charge >= 0.3 is 5.97 Å². The van der Waals surface area contributed by atoms with Gasteiger partial charge in [-0.15, -0.1) is 0 Å². The topological polar surface area (TPSA) is 37.3 Å². The Morgan fingerprint density at radius 3 is 2.54 bits per heavy atom. The molecule has 2 heteroatoms. The van der Waals surface area contributed by atoms with Crippen LogP contribution in [-0.4, -0.2) is 11.1 Å². The van der Waals surface area contributed by atoms with Crippen LogP contribution in [0, 0.1) is 17.8 Å². The summed E-state index contributed by atoms with van der Waals surface area (Å²) >= 11 is 0. The van der Waals surface area contributed by atoms with Crippen molar-refractivity contribution in [3.05, 3.63) is 0 Å². The van der Waals surface area contributed by atoms with Crippen LogP contribution in [0.3, 0.4) is 0 Å². The van der Waals surface area contributed by atoms with E-state index in [0.29, 0.717) is 12.3 Å². The highest BCUT2D eigenvalue weighted by atomic mass is 16.4. The van der Waals surface area contributed by atoms with Crippen LogP contribution in [0.4, 0.5) is 0 Å². The van der Waals surface area contributed by atoms with Gasteiger partial charge in [0.15, 0.2) is 0 Å². The summed E-state index contributed by atoms with van der Waals surface area (Å²) in [7, 11) is 0. The Bertz CT molecular complexity index is 177. The molecule has 1 fully saturated rings. The maximum atomic E-state index is 10.4. The smallest absolute Gasteiger partial charge is 0.303 e. The average Bonchev–Trinajstić information content (AvgIpc) is 2.07. The Balaban J connectivity index is 2.25. The minimum absolute atomic E-state index is 0.353. The Hall–Kier alpha value is -0.530. The molecular weight excluding hydrogens is 164 g/mol. The molecule has 13 heavy (non-hydrogen) atoms. The lowest BCUT2D eigenvalue weighted by atomic mass is 9.74. The second-order valence-corrected chi connectivity index (χ2v) is 4.57. The van der Waals surface area contributed by atoms with E-state index in [-0.39, 0.29) is 0 Å². The standard InChI is InChI=1S/C11H20O2/c1-8-3-4-10(7-9(8)2)5-6-11(12)13/h8-10H,3-7H2,1-2H3,(H,12,13). The van der Waals surface area contributed by atoms with Crippen molar-refractivity contribution in [2.75, 3.05) is 0 Å². The first kappa shape index (κ1) is 10.6. The van der Waals surface area contributed by atoms with E-state index in [2.05, 4.69) is 13.8 Å². The van der Waals surface area contributed by atoms with Crippen LogP contribution < -0.4 is 0 Å². The molecule has 0 aromatic carbocycles. The molecule has 1 aliphatic rings. The number of rotatable bonds is 3. The van der Waals surface area contributed by atoms with Crippen molar-refractivity contribution in [3.8, 4) is 0 Å². The van der Waals surface area contributed by atoms with Crippen molar-refractivity contribution in [1.29, 1.82) is 0 Å². The van der Waals surface area contributed by atoms with Crippen LogP contribution in [0.15, 0.2) is 0 Å². The third kappa shape index (κ3) is 3.37. The van der Waals surface area contributed by atoms with E-state index in [9.17, 15) is 4.79 Å². The maximum absolute atomic E-state index is 10.4. The molecule has 0 aromatic heterocycles. The van der Waals surface area contributed by atoms with Crippen molar-refractivity contribution >= 4 is 5.97 Å². The van der Waals surface area contributed by atoms with Gasteiger partial charge in [-0.2, -0.15) is 0 Å². The molecule has 0 heterocycles. The molecule has 1 aliphatic carbocycles. The fraction of sp³-hybridized carbons (Fsp3) is 0.909. The molecule has 0 radical (unpaired) electrons. The van der Waals surface area contributed by atoms with E-state index in [1.807, 2.05) is 0 Å². The zero-order valence-electron chi connectivity index (χ0n) is 8.62. The molecule has 76 valence electrons. The van der Waals surface area contributed by atoms with Crippen LogP contribution in [0.2, 0.25) is 0 Å². The molecule has 2 nitrogen and oxygen atoms in total. The summed E-state index contributed by atoms with van der Waals surface area (Å²) in [5, 5.41) is 8.56. The number of carboxylic acids is 1. The second-order valence-electron chi connectivity index (χ2n) is 4.57. The fourth-order valence-electron chi connectivity index (χ4n) is 2.25. The third-order valence-corrected chi connectivity index (χ3v) is 3.47. The molecule has 1 N–H and O–H groups in total. The van der Waals surface area contributed by atoms with Crippen LogP contribution in [-0.2, 0) is 4.79 Å². The second kappa shape index (κ2) is 4.64. The first-order valence-electron chi connectivity index (χ1n) is 5.31. The van der Waals surface area contributed by atoms with Crippen molar-refractivity contribution < 1.29 is 9.90 Å². The summed E-state index contributed by atoms with van der Waals surface area (Å²) in [6.07, 6.45) is 4.98. The molecule has 0 spiro atoms. The lowest BCUT2D eigenvalue weighted by molar-refractivity contribution is -0.137. The van der Waals surface area contributed by atoms with E-state index in [0.717, 1.165) is 18.3 Å². The average molecular weight is 184 g/mol. The molecular formula is C11H20O2. The zero-order chi connectivity index (χ0) is 9.84.